The predicted octanol–water partition coefficient (Wildman–Crippen LogP) is 2.30. The third-order valence-electron chi connectivity index (χ3n) is 2.06. The smallest absolute Gasteiger partial charge is 0.0475 e. The van der Waals surface area contributed by atoms with E-state index in [0.717, 1.165) is 6.54 Å². The molecule has 1 atom stereocenters. The first-order valence-corrected chi connectivity index (χ1v) is 5.32. The Kier molecular flexibility index (Phi) is 2.26. The molecule has 1 heterocycles. The van der Waals surface area contributed by atoms with Gasteiger partial charge in [-0.1, -0.05) is 19.1 Å². The molecule has 1 aliphatic heterocycles. The Morgan fingerprint density at radius 3 is 3.17 bits per heavy atom. The van der Waals surface area contributed by atoms with E-state index in [9.17, 15) is 0 Å². The molecule has 0 aromatic rings. The molecule has 2 rings (SSSR count). The van der Waals surface area contributed by atoms with Crippen LogP contribution in [0, 0.1) is 5.92 Å². The Morgan fingerprint density at radius 2 is 2.25 bits per heavy atom. The van der Waals surface area contributed by atoms with Gasteiger partial charge < -0.3 is 5.32 Å². The zero-order valence-electron chi connectivity index (χ0n) is 7.21. The minimum absolute atomic E-state index is 0.568. The van der Waals surface area contributed by atoms with Gasteiger partial charge in [0.2, 0.25) is 0 Å². The van der Waals surface area contributed by atoms with Crippen LogP contribution in [-0.4, -0.2) is 12.3 Å². The first kappa shape index (κ1) is 7.99. The molecule has 0 amide bonds. The molecule has 0 spiro atoms. The molecule has 0 saturated heterocycles. The van der Waals surface area contributed by atoms with E-state index in [-0.39, 0.29) is 0 Å². The average Bonchev–Trinajstić information content (AvgIpc) is 2.29. The molecule has 0 aromatic heterocycles. The lowest BCUT2D eigenvalue weighted by Crippen LogP contribution is -2.20. The molecule has 0 saturated carbocycles. The number of hydrogen-bond acceptors (Lipinski definition) is 2. The summed E-state index contributed by atoms with van der Waals surface area (Å²) in [6.07, 6.45) is 8.92. The van der Waals surface area contributed by atoms with E-state index >= 15 is 0 Å². The fourth-order valence-corrected chi connectivity index (χ4v) is 2.24. The van der Waals surface area contributed by atoms with Crippen molar-refractivity contribution in [1.82, 2.24) is 5.32 Å². The van der Waals surface area contributed by atoms with Crippen molar-refractivity contribution in [3.63, 3.8) is 0 Å². The van der Waals surface area contributed by atoms with Crippen LogP contribution in [-0.2, 0) is 0 Å². The Labute approximate surface area is 77.6 Å². The second kappa shape index (κ2) is 3.40. The lowest BCUT2D eigenvalue weighted by atomic mass is 10.2. The average molecular weight is 179 g/mol. The summed E-state index contributed by atoms with van der Waals surface area (Å²) in [5.74, 6) is 1.75. The first-order chi connectivity index (χ1) is 5.86. The first-order valence-electron chi connectivity index (χ1n) is 4.33. The van der Waals surface area contributed by atoms with Crippen LogP contribution in [0.4, 0.5) is 0 Å². The van der Waals surface area contributed by atoms with Crippen LogP contribution in [0.3, 0.4) is 0 Å². The monoisotopic (exact) mass is 179 g/mol. The largest absolute Gasteiger partial charge is 0.383 e. The number of hydrogen-bond donors (Lipinski definition) is 1. The maximum atomic E-state index is 3.40. The van der Waals surface area contributed by atoms with Crippen molar-refractivity contribution in [1.29, 1.82) is 0 Å². The van der Waals surface area contributed by atoms with E-state index in [1.807, 2.05) is 11.8 Å². The van der Waals surface area contributed by atoms with Gasteiger partial charge in [0.25, 0.3) is 0 Å². The predicted molar refractivity (Wildman–Crippen MR) is 54.9 cm³/mol. The maximum Gasteiger partial charge on any atom is 0.0475 e. The van der Waals surface area contributed by atoms with Gasteiger partial charge in [-0.05, 0) is 18.1 Å². The summed E-state index contributed by atoms with van der Waals surface area (Å²) < 4.78 is 0. The Morgan fingerprint density at radius 1 is 1.42 bits per heavy atom. The van der Waals surface area contributed by atoms with Crippen molar-refractivity contribution >= 4 is 11.8 Å². The minimum Gasteiger partial charge on any atom is -0.383 e. The van der Waals surface area contributed by atoms with Crippen LogP contribution in [0.2, 0.25) is 0 Å². The van der Waals surface area contributed by atoms with Gasteiger partial charge in [-0.25, -0.2) is 0 Å². The minimum atomic E-state index is 0.568. The molecule has 2 aliphatic rings. The molecule has 1 aliphatic carbocycles. The van der Waals surface area contributed by atoms with Gasteiger partial charge in [0.05, 0.1) is 0 Å². The molecule has 0 fully saturated rings. The van der Waals surface area contributed by atoms with Gasteiger partial charge in [-0.3, -0.25) is 0 Å². The molecule has 2 heteroatoms. The topological polar surface area (TPSA) is 12.0 Å². The number of rotatable bonds is 0. The molecule has 1 nitrogen and oxygen atoms in total. The van der Waals surface area contributed by atoms with Crippen LogP contribution in [0.5, 0.6) is 0 Å². The lowest BCUT2D eigenvalue weighted by molar-refractivity contribution is 0.872. The van der Waals surface area contributed by atoms with E-state index in [0.29, 0.717) is 5.92 Å². The van der Waals surface area contributed by atoms with Crippen molar-refractivity contribution in [3.05, 3.63) is 34.9 Å². The summed E-state index contributed by atoms with van der Waals surface area (Å²) in [7, 11) is 0. The zero-order valence-corrected chi connectivity index (χ0v) is 8.03. The van der Waals surface area contributed by atoms with Crippen molar-refractivity contribution in [2.75, 3.05) is 12.3 Å². The SMILES string of the molecule is CC1C=CC2=C(C=C1)SCCN2. The van der Waals surface area contributed by atoms with Crippen molar-refractivity contribution < 1.29 is 0 Å². The lowest BCUT2D eigenvalue weighted by Gasteiger charge is -2.16. The highest BCUT2D eigenvalue weighted by molar-refractivity contribution is 8.03. The van der Waals surface area contributed by atoms with Crippen LogP contribution < -0.4 is 5.32 Å². The fraction of sp³-hybridized carbons (Fsp3) is 0.400. The normalized spacial score (nSPS) is 27.9. The second-order valence-corrected chi connectivity index (χ2v) is 4.27. The highest BCUT2D eigenvalue weighted by Gasteiger charge is 2.10. The summed E-state index contributed by atoms with van der Waals surface area (Å²) in [5.41, 5.74) is 1.30. The van der Waals surface area contributed by atoms with Gasteiger partial charge in [-0.2, -0.15) is 0 Å². The highest BCUT2D eigenvalue weighted by atomic mass is 32.2. The number of allylic oxidation sites excluding steroid dienone is 4. The molecule has 0 bridgehead atoms. The molecular formula is C10H13NS. The van der Waals surface area contributed by atoms with E-state index in [4.69, 9.17) is 0 Å². The van der Waals surface area contributed by atoms with Gasteiger partial charge in [0.15, 0.2) is 0 Å². The molecule has 1 unspecified atom stereocenters. The van der Waals surface area contributed by atoms with Crippen LogP contribution in [0.1, 0.15) is 6.92 Å². The maximum absolute atomic E-state index is 3.40. The summed E-state index contributed by atoms with van der Waals surface area (Å²) in [6.45, 7) is 3.30. The van der Waals surface area contributed by atoms with Crippen molar-refractivity contribution in [2.45, 2.75) is 6.92 Å². The van der Waals surface area contributed by atoms with Gasteiger partial charge in [0.1, 0.15) is 0 Å². The Hall–Kier alpha value is -0.630. The molecule has 12 heavy (non-hydrogen) atoms. The van der Waals surface area contributed by atoms with Crippen LogP contribution in [0.15, 0.2) is 34.9 Å². The van der Waals surface area contributed by atoms with Crippen molar-refractivity contribution in [3.8, 4) is 0 Å². The second-order valence-electron chi connectivity index (χ2n) is 3.13. The van der Waals surface area contributed by atoms with Gasteiger partial charge >= 0.3 is 0 Å². The summed E-state index contributed by atoms with van der Waals surface area (Å²) >= 11 is 1.94. The molecular weight excluding hydrogens is 166 g/mol. The fourth-order valence-electron chi connectivity index (χ4n) is 1.34. The van der Waals surface area contributed by atoms with Gasteiger partial charge in [0, 0.05) is 22.9 Å². The number of thioether (sulfide) groups is 1. The quantitative estimate of drug-likeness (QED) is 0.612. The van der Waals surface area contributed by atoms with Gasteiger partial charge in [-0.15, -0.1) is 11.8 Å². The zero-order chi connectivity index (χ0) is 8.39. The third-order valence-corrected chi connectivity index (χ3v) is 3.13. The third kappa shape index (κ3) is 1.58. The Bertz CT molecular complexity index is 237. The molecule has 0 aromatic carbocycles. The van der Waals surface area contributed by atoms with E-state index in [2.05, 4.69) is 36.5 Å². The summed E-state index contributed by atoms with van der Waals surface area (Å²) in [6, 6.07) is 0. The molecule has 64 valence electrons. The van der Waals surface area contributed by atoms with Crippen LogP contribution in [0.25, 0.3) is 0 Å². The van der Waals surface area contributed by atoms with Crippen molar-refractivity contribution in [2.24, 2.45) is 5.92 Å². The Balaban J connectivity index is 2.29. The van der Waals surface area contributed by atoms with E-state index in [1.54, 1.807) is 0 Å². The summed E-state index contributed by atoms with van der Waals surface area (Å²) in [4.78, 5) is 1.39. The summed E-state index contributed by atoms with van der Waals surface area (Å²) in [5, 5.41) is 3.40. The van der Waals surface area contributed by atoms with Crippen LogP contribution >= 0.6 is 11.8 Å². The molecule has 1 N–H and O–H groups in total. The highest BCUT2D eigenvalue weighted by Crippen LogP contribution is 2.26. The van der Waals surface area contributed by atoms with E-state index < -0.39 is 0 Å². The number of nitrogens with one attached hydrogen (secondary N) is 1. The molecule has 0 radical (unpaired) electrons. The standard InChI is InChI=1S/C10H13NS/c1-8-2-4-9-10(5-3-8)12-7-6-11-9/h2-5,8,11H,6-7H2,1H3. The van der Waals surface area contributed by atoms with E-state index in [1.165, 1.54) is 16.4 Å².